The van der Waals surface area contributed by atoms with Crippen LogP contribution < -0.4 is 34.9 Å². The van der Waals surface area contributed by atoms with E-state index < -0.39 is 15.9 Å². The Bertz CT molecular complexity index is 916. The summed E-state index contributed by atoms with van der Waals surface area (Å²) in [6.45, 7) is 9.22. The van der Waals surface area contributed by atoms with Gasteiger partial charge in [0.25, 0.3) is 0 Å². The zero-order valence-corrected chi connectivity index (χ0v) is 26.4. The van der Waals surface area contributed by atoms with Crippen molar-refractivity contribution < 1.29 is 57.5 Å². The van der Waals surface area contributed by atoms with Crippen molar-refractivity contribution in [2.24, 2.45) is 52.3 Å². The first-order valence-electron chi connectivity index (χ1n) is 14.4. The first kappa shape index (κ1) is 31.8. The molecule has 0 bridgehead atoms. The fourth-order valence-corrected chi connectivity index (χ4v) is 10.2. The maximum Gasteiger partial charge on any atom is 1.00 e. The van der Waals surface area contributed by atoms with Gasteiger partial charge < -0.3 is 20.1 Å². The summed E-state index contributed by atoms with van der Waals surface area (Å²) in [6, 6.07) is 0. The minimum Gasteiger partial charge on any atom is -0.748 e. The molecule has 4 aliphatic rings. The summed E-state index contributed by atoms with van der Waals surface area (Å²) >= 11 is 0. The predicted molar refractivity (Wildman–Crippen MR) is 138 cm³/mol. The van der Waals surface area contributed by atoms with Crippen molar-refractivity contribution in [2.75, 3.05) is 12.3 Å². The van der Waals surface area contributed by atoms with E-state index in [1.165, 1.54) is 0 Å². The van der Waals surface area contributed by atoms with Gasteiger partial charge in [-0.1, -0.05) is 34.1 Å². The van der Waals surface area contributed by atoms with Crippen molar-refractivity contribution in [2.45, 2.75) is 104 Å². The molecule has 4 saturated carbocycles. The van der Waals surface area contributed by atoms with Crippen molar-refractivity contribution in [3.63, 3.8) is 0 Å². The van der Waals surface area contributed by atoms with Gasteiger partial charge in [-0.3, -0.25) is 4.79 Å². The standard InChI is InChI=1S/C28H49NO6S.Na/c1-5-19-23-16-18(30)10-12-28(23,4)22-11-13-27(3)20(7-8-21(27)25(22)26(19)32)17(2)6-9-24(31)29-14-15-36(33,34)35;/h17-23,25-26,30,32H,5-16H2,1-4H3,(H,29,31)(H,33,34,35);/q;+1/p-1. The fraction of sp³-hybridized carbons (Fsp3) is 0.964. The molecule has 3 N–H and O–H groups in total. The average Bonchev–Trinajstić information content (AvgIpc) is 3.15. The van der Waals surface area contributed by atoms with Gasteiger partial charge >= 0.3 is 29.6 Å². The number of aliphatic hydroxyl groups is 2. The van der Waals surface area contributed by atoms with E-state index in [-0.39, 0.29) is 71.0 Å². The van der Waals surface area contributed by atoms with Crippen LogP contribution in [0.2, 0.25) is 0 Å². The number of aliphatic hydroxyl groups excluding tert-OH is 2. The number of nitrogens with one attached hydrogen (secondary N) is 1. The number of fused-ring (bicyclic) bond motifs is 5. The summed E-state index contributed by atoms with van der Waals surface area (Å²) in [5.41, 5.74) is 0.356. The second kappa shape index (κ2) is 12.0. The molecule has 9 heteroatoms. The summed E-state index contributed by atoms with van der Waals surface area (Å²) in [7, 11) is -4.32. The SMILES string of the molecule is CCC1C(O)C2C3CCC(C(C)CCC(=O)NCCS(=O)(=O)[O-])C3(C)CCC2C2(C)CCC(O)CC12.[Na+]. The number of rotatable bonds is 8. The molecular formula is C28H48NNaO6S. The van der Waals surface area contributed by atoms with Crippen molar-refractivity contribution in [1.29, 1.82) is 0 Å². The summed E-state index contributed by atoms with van der Waals surface area (Å²) in [5.74, 6) is 2.09. The molecule has 37 heavy (non-hydrogen) atoms. The molecule has 7 nitrogen and oxygen atoms in total. The van der Waals surface area contributed by atoms with E-state index >= 15 is 0 Å². The molecule has 4 aliphatic carbocycles. The third-order valence-corrected chi connectivity index (χ3v) is 12.4. The van der Waals surface area contributed by atoms with Crippen molar-refractivity contribution >= 4 is 16.0 Å². The van der Waals surface area contributed by atoms with Crippen LogP contribution in [0.15, 0.2) is 0 Å². The Kier molecular flexibility index (Phi) is 10.4. The van der Waals surface area contributed by atoms with Gasteiger partial charge in [0.1, 0.15) is 0 Å². The maximum absolute atomic E-state index is 12.2. The van der Waals surface area contributed by atoms with Crippen LogP contribution in [0.3, 0.4) is 0 Å². The molecule has 4 fully saturated rings. The minimum atomic E-state index is -4.32. The first-order chi connectivity index (χ1) is 16.8. The molecule has 0 aromatic rings. The third-order valence-electron chi connectivity index (χ3n) is 11.7. The zero-order valence-electron chi connectivity index (χ0n) is 23.6. The van der Waals surface area contributed by atoms with Gasteiger partial charge in [0.2, 0.25) is 5.91 Å². The van der Waals surface area contributed by atoms with Crippen LogP contribution in [0.1, 0.15) is 91.9 Å². The predicted octanol–water partition coefficient (Wildman–Crippen LogP) is 0.695. The van der Waals surface area contributed by atoms with Crippen molar-refractivity contribution in [1.82, 2.24) is 5.32 Å². The third kappa shape index (κ3) is 6.15. The largest absolute Gasteiger partial charge is 1.00 e. The first-order valence-corrected chi connectivity index (χ1v) is 16.0. The Hall–Kier alpha value is 0.300. The molecule has 1 amide bonds. The van der Waals surface area contributed by atoms with Crippen LogP contribution in [0.5, 0.6) is 0 Å². The average molecular weight is 550 g/mol. The molecular weight excluding hydrogens is 501 g/mol. The van der Waals surface area contributed by atoms with Gasteiger partial charge in [0, 0.05) is 13.0 Å². The molecule has 0 radical (unpaired) electrons. The summed E-state index contributed by atoms with van der Waals surface area (Å²) in [6.07, 6.45) is 8.86. The minimum absolute atomic E-state index is 0. The number of hydrogen-bond acceptors (Lipinski definition) is 6. The van der Waals surface area contributed by atoms with Gasteiger partial charge in [-0.2, -0.15) is 0 Å². The second-order valence-electron chi connectivity index (χ2n) is 13.2. The van der Waals surface area contributed by atoms with Crippen molar-refractivity contribution in [3.8, 4) is 0 Å². The molecule has 0 aromatic heterocycles. The Morgan fingerprint density at radius 3 is 2.35 bits per heavy atom. The molecule has 11 atom stereocenters. The Labute approximate surface area is 246 Å². The summed E-state index contributed by atoms with van der Waals surface area (Å²) in [4.78, 5) is 12.2. The van der Waals surface area contributed by atoms with E-state index in [9.17, 15) is 28.0 Å². The maximum atomic E-state index is 12.2. The van der Waals surface area contributed by atoms with Gasteiger partial charge in [0.05, 0.1) is 28.1 Å². The molecule has 0 saturated heterocycles. The molecule has 11 unspecified atom stereocenters. The van der Waals surface area contributed by atoms with Crippen LogP contribution in [0.4, 0.5) is 0 Å². The number of carbonyl (C=O) groups excluding carboxylic acids is 1. The Balaban J connectivity index is 0.00000380. The van der Waals surface area contributed by atoms with E-state index in [1.807, 2.05) is 0 Å². The zero-order chi connectivity index (χ0) is 26.5. The molecule has 0 spiro atoms. The van der Waals surface area contributed by atoms with Gasteiger partial charge in [-0.15, -0.1) is 0 Å². The monoisotopic (exact) mass is 549 g/mol. The fourth-order valence-electron chi connectivity index (χ4n) is 9.90. The van der Waals surface area contributed by atoms with E-state index in [2.05, 4.69) is 33.0 Å². The van der Waals surface area contributed by atoms with Crippen LogP contribution in [0.25, 0.3) is 0 Å². The van der Waals surface area contributed by atoms with Crippen molar-refractivity contribution in [3.05, 3.63) is 0 Å². The van der Waals surface area contributed by atoms with E-state index in [1.54, 1.807) is 0 Å². The number of hydrogen-bond donors (Lipinski definition) is 3. The number of amides is 1. The Morgan fingerprint density at radius 1 is 1.05 bits per heavy atom. The van der Waals surface area contributed by atoms with E-state index in [0.717, 1.165) is 57.8 Å². The van der Waals surface area contributed by atoms with E-state index in [4.69, 9.17) is 0 Å². The van der Waals surface area contributed by atoms with Crippen LogP contribution >= 0.6 is 0 Å². The van der Waals surface area contributed by atoms with Gasteiger partial charge in [-0.05, 0) is 104 Å². The molecule has 0 aliphatic heterocycles. The molecule has 0 aromatic carbocycles. The van der Waals surface area contributed by atoms with E-state index in [0.29, 0.717) is 41.9 Å². The molecule has 4 rings (SSSR count). The molecule has 0 heterocycles. The Morgan fingerprint density at radius 2 is 1.70 bits per heavy atom. The number of carbonyl (C=O) groups is 1. The van der Waals surface area contributed by atoms with Crippen LogP contribution in [0, 0.1) is 52.3 Å². The molecule has 208 valence electrons. The topological polar surface area (TPSA) is 127 Å². The summed E-state index contributed by atoms with van der Waals surface area (Å²) in [5, 5.41) is 24.8. The van der Waals surface area contributed by atoms with Crippen LogP contribution in [-0.4, -0.2) is 53.6 Å². The smallest absolute Gasteiger partial charge is 0.748 e. The summed E-state index contributed by atoms with van der Waals surface area (Å²) < 4.78 is 32.3. The van der Waals surface area contributed by atoms with Gasteiger partial charge in [-0.25, -0.2) is 8.42 Å². The quantitative estimate of drug-likeness (QED) is 0.302. The normalized spacial score (nSPS) is 44.1. The van der Waals surface area contributed by atoms with Crippen LogP contribution in [-0.2, 0) is 14.9 Å². The second-order valence-corrected chi connectivity index (χ2v) is 14.8. The van der Waals surface area contributed by atoms with Gasteiger partial charge in [0.15, 0.2) is 0 Å².